The first-order valence-electron chi connectivity index (χ1n) is 5.26. The van der Waals surface area contributed by atoms with Crippen molar-refractivity contribution in [1.82, 2.24) is 4.90 Å². The van der Waals surface area contributed by atoms with Gasteiger partial charge >= 0.3 is 5.97 Å². The smallest absolute Gasteiger partial charge is 0.306 e. The summed E-state index contributed by atoms with van der Waals surface area (Å²) in [4.78, 5) is 24.9. The Balaban J connectivity index is 1.92. The largest absolute Gasteiger partial charge is 0.481 e. The molecule has 4 nitrogen and oxygen atoms in total. The van der Waals surface area contributed by atoms with E-state index in [1.807, 2.05) is 0 Å². The Morgan fingerprint density at radius 3 is 2.65 bits per heavy atom. The van der Waals surface area contributed by atoms with Crippen LogP contribution in [0, 0.1) is 11.8 Å². The van der Waals surface area contributed by atoms with Gasteiger partial charge in [-0.2, -0.15) is 0 Å². The van der Waals surface area contributed by atoms with Gasteiger partial charge in [-0.05, 0) is 12.1 Å². The maximum absolute atomic E-state index is 11.9. The van der Waals surface area contributed by atoms with Gasteiger partial charge in [-0.1, -0.05) is 18.5 Å². The van der Waals surface area contributed by atoms with Crippen LogP contribution in [-0.2, 0) is 4.79 Å². The van der Waals surface area contributed by atoms with Crippen LogP contribution < -0.4 is 0 Å². The lowest BCUT2D eigenvalue weighted by Gasteiger charge is -2.40. The van der Waals surface area contributed by atoms with Crippen molar-refractivity contribution in [2.45, 2.75) is 6.92 Å². The Morgan fingerprint density at radius 1 is 1.53 bits per heavy atom. The molecule has 0 bridgehead atoms. The summed E-state index contributed by atoms with van der Waals surface area (Å²) in [5.74, 6) is -1.20. The monoisotopic (exact) mass is 273 g/mol. The van der Waals surface area contributed by atoms with Crippen LogP contribution in [0.4, 0.5) is 0 Å². The quantitative estimate of drug-likeness (QED) is 0.918. The van der Waals surface area contributed by atoms with E-state index in [4.69, 9.17) is 16.7 Å². The highest BCUT2D eigenvalue weighted by molar-refractivity contribution is 7.17. The van der Waals surface area contributed by atoms with E-state index in [1.54, 1.807) is 24.0 Å². The molecule has 1 aliphatic heterocycles. The zero-order valence-electron chi connectivity index (χ0n) is 9.22. The van der Waals surface area contributed by atoms with Crippen LogP contribution in [0.3, 0.4) is 0 Å². The van der Waals surface area contributed by atoms with Crippen molar-refractivity contribution in [3.05, 3.63) is 21.3 Å². The van der Waals surface area contributed by atoms with Gasteiger partial charge < -0.3 is 10.0 Å². The molecule has 1 amide bonds. The van der Waals surface area contributed by atoms with Gasteiger partial charge in [0.2, 0.25) is 0 Å². The number of halogens is 1. The summed E-state index contributed by atoms with van der Waals surface area (Å²) < 4.78 is 0.587. The number of carboxylic acid groups (broad SMARTS) is 1. The van der Waals surface area contributed by atoms with Gasteiger partial charge in [0.15, 0.2) is 0 Å². The maximum atomic E-state index is 11.9. The van der Waals surface area contributed by atoms with E-state index in [1.165, 1.54) is 11.3 Å². The summed E-state index contributed by atoms with van der Waals surface area (Å²) in [5, 5.41) is 8.84. The van der Waals surface area contributed by atoms with E-state index in [0.29, 0.717) is 22.3 Å². The molecule has 1 atom stereocenters. The maximum Gasteiger partial charge on any atom is 0.306 e. The van der Waals surface area contributed by atoms with E-state index >= 15 is 0 Å². The molecule has 0 aliphatic carbocycles. The number of carbonyl (C=O) groups excluding carboxylic acids is 1. The summed E-state index contributed by atoms with van der Waals surface area (Å²) >= 11 is 7.01. The van der Waals surface area contributed by atoms with Crippen molar-refractivity contribution in [3.63, 3.8) is 0 Å². The average Bonchev–Trinajstić information content (AvgIpc) is 2.62. The Kier molecular flexibility index (Phi) is 3.40. The first-order valence-corrected chi connectivity index (χ1v) is 6.46. The molecule has 2 heterocycles. The van der Waals surface area contributed by atoms with Crippen molar-refractivity contribution in [2.75, 3.05) is 13.1 Å². The lowest BCUT2D eigenvalue weighted by Crippen LogP contribution is -2.53. The fourth-order valence-electron chi connectivity index (χ4n) is 1.78. The summed E-state index contributed by atoms with van der Waals surface area (Å²) in [6, 6.07) is 3.39. The molecule has 1 aromatic rings. The van der Waals surface area contributed by atoms with Gasteiger partial charge in [-0.15, -0.1) is 11.3 Å². The van der Waals surface area contributed by atoms with E-state index in [2.05, 4.69) is 0 Å². The van der Waals surface area contributed by atoms with Crippen molar-refractivity contribution >= 4 is 34.8 Å². The second-order valence-electron chi connectivity index (χ2n) is 4.20. The van der Waals surface area contributed by atoms with Crippen LogP contribution in [0.2, 0.25) is 4.34 Å². The summed E-state index contributed by atoms with van der Waals surface area (Å²) in [6.07, 6.45) is 0. The van der Waals surface area contributed by atoms with Gasteiger partial charge in [0.25, 0.3) is 5.91 Å². The minimum atomic E-state index is -0.804. The molecular weight excluding hydrogens is 262 g/mol. The normalized spacial score (nSPS) is 17.6. The average molecular weight is 274 g/mol. The highest BCUT2D eigenvalue weighted by Gasteiger charge is 2.37. The summed E-state index contributed by atoms with van der Waals surface area (Å²) in [6.45, 7) is 2.71. The standard InChI is InChI=1S/C11H12ClNO3S/c1-6(11(15)16)7-4-13(5-7)10(14)8-2-3-9(12)17-8/h2-3,6-7H,4-5H2,1H3,(H,15,16). The van der Waals surface area contributed by atoms with Crippen LogP contribution in [0.5, 0.6) is 0 Å². The first-order chi connectivity index (χ1) is 7.99. The third-order valence-corrected chi connectivity index (χ3v) is 4.30. The molecule has 1 fully saturated rings. The van der Waals surface area contributed by atoms with Gasteiger partial charge in [0.05, 0.1) is 15.1 Å². The molecule has 1 aliphatic rings. The fraction of sp³-hybridized carbons (Fsp3) is 0.455. The third kappa shape index (κ3) is 2.45. The van der Waals surface area contributed by atoms with Gasteiger partial charge in [0.1, 0.15) is 0 Å². The van der Waals surface area contributed by atoms with Crippen LogP contribution in [0.15, 0.2) is 12.1 Å². The zero-order valence-corrected chi connectivity index (χ0v) is 10.8. The SMILES string of the molecule is CC(C(=O)O)C1CN(C(=O)c2ccc(Cl)s2)C1. The topological polar surface area (TPSA) is 57.6 Å². The van der Waals surface area contributed by atoms with Gasteiger partial charge in [-0.3, -0.25) is 9.59 Å². The van der Waals surface area contributed by atoms with Crippen molar-refractivity contribution in [1.29, 1.82) is 0 Å². The van der Waals surface area contributed by atoms with Crippen molar-refractivity contribution in [3.8, 4) is 0 Å². The number of nitrogens with zero attached hydrogens (tertiary/aromatic N) is 1. The van der Waals surface area contributed by atoms with E-state index in [-0.39, 0.29) is 11.8 Å². The molecule has 0 saturated carbocycles. The molecule has 92 valence electrons. The Morgan fingerprint density at radius 2 is 2.18 bits per heavy atom. The third-order valence-electron chi connectivity index (χ3n) is 3.08. The molecular formula is C11H12ClNO3S. The van der Waals surface area contributed by atoms with E-state index < -0.39 is 11.9 Å². The highest BCUT2D eigenvalue weighted by Crippen LogP contribution is 2.28. The number of carbonyl (C=O) groups is 2. The number of thiophene rings is 1. The van der Waals surface area contributed by atoms with Crippen LogP contribution in [0.25, 0.3) is 0 Å². The summed E-state index contributed by atoms with van der Waals surface area (Å²) in [7, 11) is 0. The second-order valence-corrected chi connectivity index (χ2v) is 5.92. The molecule has 6 heteroatoms. The number of amides is 1. The van der Waals surface area contributed by atoms with Crippen LogP contribution in [0.1, 0.15) is 16.6 Å². The van der Waals surface area contributed by atoms with Crippen LogP contribution >= 0.6 is 22.9 Å². The lowest BCUT2D eigenvalue weighted by molar-refractivity contribution is -0.144. The molecule has 2 rings (SSSR count). The van der Waals surface area contributed by atoms with Crippen molar-refractivity contribution < 1.29 is 14.7 Å². The zero-order chi connectivity index (χ0) is 12.6. The summed E-state index contributed by atoms with van der Waals surface area (Å²) in [5.41, 5.74) is 0. The first kappa shape index (κ1) is 12.4. The molecule has 1 N–H and O–H groups in total. The number of hydrogen-bond acceptors (Lipinski definition) is 3. The van der Waals surface area contributed by atoms with Crippen molar-refractivity contribution in [2.24, 2.45) is 11.8 Å². The number of carboxylic acids is 1. The molecule has 0 aromatic carbocycles. The number of rotatable bonds is 3. The van der Waals surface area contributed by atoms with Gasteiger partial charge in [0, 0.05) is 19.0 Å². The molecule has 17 heavy (non-hydrogen) atoms. The predicted molar refractivity (Wildman–Crippen MR) is 65.5 cm³/mol. The van der Waals surface area contributed by atoms with E-state index in [9.17, 15) is 9.59 Å². The molecule has 0 spiro atoms. The van der Waals surface area contributed by atoms with E-state index in [0.717, 1.165) is 0 Å². The van der Waals surface area contributed by atoms with Gasteiger partial charge in [-0.25, -0.2) is 0 Å². The highest BCUT2D eigenvalue weighted by atomic mass is 35.5. The lowest BCUT2D eigenvalue weighted by atomic mass is 9.87. The molecule has 1 unspecified atom stereocenters. The predicted octanol–water partition coefficient (Wildman–Crippen LogP) is 2.19. The fourth-order valence-corrected chi connectivity index (χ4v) is 2.79. The molecule has 1 aromatic heterocycles. The second kappa shape index (κ2) is 4.66. The molecule has 1 saturated heterocycles. The number of likely N-dealkylation sites (tertiary alicyclic amines) is 1. The number of aliphatic carboxylic acids is 1. The Bertz CT molecular complexity index is 453. The number of hydrogen-bond donors (Lipinski definition) is 1. The Labute approximate surface area is 108 Å². The minimum absolute atomic E-state index is 0.0595. The van der Waals surface area contributed by atoms with Crippen LogP contribution in [-0.4, -0.2) is 35.0 Å². The Hall–Kier alpha value is -1.07. The molecule has 0 radical (unpaired) electrons. The minimum Gasteiger partial charge on any atom is -0.481 e.